The van der Waals surface area contributed by atoms with E-state index >= 15 is 0 Å². The highest BCUT2D eigenvalue weighted by Gasteiger charge is 2.29. The van der Waals surface area contributed by atoms with E-state index in [1.54, 1.807) is 30.3 Å². The summed E-state index contributed by atoms with van der Waals surface area (Å²) in [5.41, 5.74) is 0.859. The fraction of sp³-hybridized carbons (Fsp3) is 0.391. The average Bonchev–Trinajstić information content (AvgIpc) is 2.72. The summed E-state index contributed by atoms with van der Waals surface area (Å²) in [5, 5.41) is 4.31. The summed E-state index contributed by atoms with van der Waals surface area (Å²) in [5.74, 6) is 0.135. The second-order valence-electron chi connectivity index (χ2n) is 7.57. The Morgan fingerprint density at radius 1 is 1.03 bits per heavy atom. The monoisotopic (exact) mass is 484 g/mol. The molecule has 0 aliphatic carbocycles. The van der Waals surface area contributed by atoms with Crippen LogP contribution in [0.1, 0.15) is 32.8 Å². The topological polar surface area (TPSA) is 58.6 Å². The summed E-state index contributed by atoms with van der Waals surface area (Å²) in [6.07, 6.45) is 0.463. The third-order valence-electron chi connectivity index (χ3n) is 4.58. The smallest absolute Gasteiger partial charge is 0.261 e. The van der Waals surface area contributed by atoms with Crippen molar-refractivity contribution < 1.29 is 14.3 Å². The second-order valence-corrected chi connectivity index (χ2v) is 8.85. The number of nitrogens with one attached hydrogen (secondary N) is 1. The normalized spacial score (nSPS) is 11.8. The number of hydrogen-bond acceptors (Lipinski definition) is 3. The maximum absolute atomic E-state index is 13.1. The number of halogens is 3. The van der Waals surface area contributed by atoms with E-state index in [4.69, 9.17) is 39.5 Å². The van der Waals surface area contributed by atoms with E-state index in [2.05, 4.69) is 5.32 Å². The van der Waals surface area contributed by atoms with Crippen LogP contribution in [0.4, 0.5) is 0 Å². The summed E-state index contributed by atoms with van der Waals surface area (Å²) < 4.78 is 5.63. The molecule has 0 spiro atoms. The Kier molecular flexibility index (Phi) is 9.94. The zero-order chi connectivity index (χ0) is 23.0. The van der Waals surface area contributed by atoms with Crippen LogP contribution in [-0.2, 0) is 16.1 Å². The molecule has 0 aromatic heterocycles. The first kappa shape index (κ1) is 25.3. The minimum atomic E-state index is -0.633. The Hall–Kier alpha value is -1.95. The van der Waals surface area contributed by atoms with E-state index < -0.39 is 6.04 Å². The molecule has 0 aliphatic rings. The molecule has 31 heavy (non-hydrogen) atoms. The van der Waals surface area contributed by atoms with Gasteiger partial charge in [-0.05, 0) is 48.2 Å². The van der Waals surface area contributed by atoms with Gasteiger partial charge in [0.05, 0.1) is 5.02 Å². The molecule has 0 aliphatic heterocycles. The maximum Gasteiger partial charge on any atom is 0.261 e. The van der Waals surface area contributed by atoms with Gasteiger partial charge in [-0.1, -0.05) is 67.7 Å². The zero-order valence-electron chi connectivity index (χ0n) is 17.8. The van der Waals surface area contributed by atoms with Crippen LogP contribution in [0.15, 0.2) is 42.5 Å². The highest BCUT2D eigenvalue weighted by Crippen LogP contribution is 2.27. The minimum Gasteiger partial charge on any atom is -0.482 e. The molecule has 0 fully saturated rings. The summed E-state index contributed by atoms with van der Waals surface area (Å²) >= 11 is 18.0. The van der Waals surface area contributed by atoms with Crippen LogP contribution in [0.3, 0.4) is 0 Å². The molecule has 2 rings (SSSR count). The molecule has 1 N–H and O–H groups in total. The lowest BCUT2D eigenvalue weighted by Crippen LogP contribution is -2.50. The summed E-state index contributed by atoms with van der Waals surface area (Å²) in [7, 11) is 0. The van der Waals surface area contributed by atoms with Crippen LogP contribution in [0.25, 0.3) is 0 Å². The molecule has 5 nitrogen and oxygen atoms in total. The van der Waals surface area contributed by atoms with Gasteiger partial charge in [-0.2, -0.15) is 0 Å². The summed E-state index contributed by atoms with van der Waals surface area (Å²) in [6.45, 7) is 6.43. The van der Waals surface area contributed by atoms with Crippen molar-refractivity contribution in [3.63, 3.8) is 0 Å². The van der Waals surface area contributed by atoms with Crippen LogP contribution in [-0.4, -0.2) is 35.9 Å². The molecule has 8 heteroatoms. The van der Waals surface area contributed by atoms with E-state index in [9.17, 15) is 9.59 Å². The van der Waals surface area contributed by atoms with Gasteiger partial charge in [0, 0.05) is 23.1 Å². The number of carbonyl (C=O) groups excluding carboxylic acids is 2. The van der Waals surface area contributed by atoms with Crippen molar-refractivity contribution in [2.75, 3.05) is 13.2 Å². The second kappa shape index (κ2) is 12.2. The molecule has 2 aromatic rings. The van der Waals surface area contributed by atoms with Gasteiger partial charge in [0.2, 0.25) is 5.91 Å². The number of carbonyl (C=O) groups is 2. The van der Waals surface area contributed by atoms with Crippen LogP contribution in [0.5, 0.6) is 5.75 Å². The van der Waals surface area contributed by atoms with Gasteiger partial charge in [-0.3, -0.25) is 9.59 Å². The number of ether oxygens (including phenoxy) is 1. The lowest BCUT2D eigenvalue weighted by molar-refractivity contribution is -0.143. The number of nitrogens with zero attached hydrogens (tertiary/aromatic N) is 1. The summed E-state index contributed by atoms with van der Waals surface area (Å²) in [6, 6.07) is 11.3. The molecule has 2 amide bonds. The van der Waals surface area contributed by atoms with E-state index in [0.717, 1.165) is 5.56 Å². The van der Waals surface area contributed by atoms with Crippen molar-refractivity contribution >= 4 is 46.6 Å². The van der Waals surface area contributed by atoms with Crippen molar-refractivity contribution in [1.29, 1.82) is 0 Å². The zero-order valence-corrected chi connectivity index (χ0v) is 20.1. The molecule has 2 aromatic carbocycles. The van der Waals surface area contributed by atoms with Gasteiger partial charge in [0.1, 0.15) is 11.8 Å². The molecular formula is C23H27Cl3N2O3. The first-order valence-electron chi connectivity index (χ1n) is 10.1. The Morgan fingerprint density at radius 3 is 2.26 bits per heavy atom. The fourth-order valence-corrected chi connectivity index (χ4v) is 3.53. The van der Waals surface area contributed by atoms with Crippen LogP contribution in [0.2, 0.25) is 15.1 Å². The van der Waals surface area contributed by atoms with Crippen LogP contribution < -0.4 is 10.1 Å². The molecule has 0 heterocycles. The molecule has 0 bridgehead atoms. The number of amides is 2. The van der Waals surface area contributed by atoms with E-state index in [1.807, 2.05) is 32.9 Å². The van der Waals surface area contributed by atoms with Gasteiger partial charge >= 0.3 is 0 Å². The fourth-order valence-electron chi connectivity index (χ4n) is 2.94. The molecular weight excluding hydrogens is 459 g/mol. The van der Waals surface area contributed by atoms with Gasteiger partial charge < -0.3 is 15.0 Å². The Bertz CT molecular complexity index is 888. The first-order chi connectivity index (χ1) is 14.7. The molecule has 0 radical (unpaired) electrons. The number of benzene rings is 2. The highest BCUT2D eigenvalue weighted by atomic mass is 35.5. The predicted octanol–water partition coefficient (Wildman–Crippen LogP) is 5.61. The summed E-state index contributed by atoms with van der Waals surface area (Å²) in [4.78, 5) is 27.5. The minimum absolute atomic E-state index is 0.192. The number of hydrogen-bond donors (Lipinski definition) is 1. The van der Waals surface area contributed by atoms with Gasteiger partial charge in [-0.25, -0.2) is 0 Å². The number of rotatable bonds is 10. The van der Waals surface area contributed by atoms with Crippen molar-refractivity contribution in [2.45, 2.75) is 39.8 Å². The average molecular weight is 486 g/mol. The lowest BCUT2D eigenvalue weighted by atomic mass is 10.1. The lowest BCUT2D eigenvalue weighted by Gasteiger charge is -2.31. The van der Waals surface area contributed by atoms with E-state index in [1.165, 1.54) is 4.90 Å². The highest BCUT2D eigenvalue weighted by molar-refractivity contribution is 6.35. The largest absolute Gasteiger partial charge is 0.482 e. The third kappa shape index (κ3) is 7.91. The van der Waals surface area contributed by atoms with Crippen molar-refractivity contribution in [3.8, 4) is 5.75 Å². The van der Waals surface area contributed by atoms with E-state index in [-0.39, 0.29) is 25.0 Å². The molecule has 0 saturated heterocycles. The van der Waals surface area contributed by atoms with Gasteiger partial charge in [-0.15, -0.1) is 0 Å². The standard InChI is InChI=1S/C23H27Cl3N2O3/c1-4-20(23(30)27-12-15(2)3)28(13-16-5-7-17(24)8-6-16)22(29)14-31-21-10-9-18(25)11-19(21)26/h5-11,15,20H,4,12-14H2,1-3H3,(H,27,30)/t20-/m1/s1. The Morgan fingerprint density at radius 2 is 1.68 bits per heavy atom. The van der Waals surface area contributed by atoms with Crippen molar-refractivity contribution in [3.05, 3.63) is 63.1 Å². The predicted molar refractivity (Wildman–Crippen MR) is 126 cm³/mol. The Balaban J connectivity index is 2.20. The third-order valence-corrected chi connectivity index (χ3v) is 5.36. The molecule has 0 saturated carbocycles. The molecule has 1 atom stereocenters. The van der Waals surface area contributed by atoms with Gasteiger partial charge in [0.15, 0.2) is 6.61 Å². The quantitative estimate of drug-likeness (QED) is 0.476. The van der Waals surface area contributed by atoms with Gasteiger partial charge in [0.25, 0.3) is 5.91 Å². The SMILES string of the molecule is CC[C@H](C(=O)NCC(C)C)N(Cc1ccc(Cl)cc1)C(=O)COc1ccc(Cl)cc1Cl. The van der Waals surface area contributed by atoms with E-state index in [0.29, 0.717) is 39.7 Å². The van der Waals surface area contributed by atoms with Crippen LogP contribution in [0, 0.1) is 5.92 Å². The Labute approximate surface area is 198 Å². The maximum atomic E-state index is 13.1. The molecule has 0 unspecified atom stereocenters. The molecule has 168 valence electrons. The van der Waals surface area contributed by atoms with Crippen molar-refractivity contribution in [2.24, 2.45) is 5.92 Å². The van der Waals surface area contributed by atoms with Crippen LogP contribution >= 0.6 is 34.8 Å². The van der Waals surface area contributed by atoms with Crippen molar-refractivity contribution in [1.82, 2.24) is 10.2 Å². The first-order valence-corrected chi connectivity index (χ1v) is 11.2.